The average Bonchev–Trinajstić information content (AvgIpc) is 3.69. The second-order valence-electron chi connectivity index (χ2n) is 14.3. The van der Waals surface area contributed by atoms with Gasteiger partial charge in [-0.25, -0.2) is 19.9 Å². The Labute approximate surface area is 329 Å². The zero-order chi connectivity index (χ0) is 37.7. The summed E-state index contributed by atoms with van der Waals surface area (Å²) in [5, 5.41) is 7.66. The van der Waals surface area contributed by atoms with Crippen molar-refractivity contribution >= 4 is 43.4 Å². The van der Waals surface area contributed by atoms with Crippen LogP contribution in [0.2, 0.25) is 0 Å². The lowest BCUT2D eigenvalue weighted by molar-refractivity contribution is 1.07. The fraction of sp³-hybridized carbons (Fsp3) is 0. The fourth-order valence-corrected chi connectivity index (χ4v) is 8.08. The van der Waals surface area contributed by atoms with Crippen molar-refractivity contribution in [2.24, 2.45) is 0 Å². The predicted molar refractivity (Wildman–Crippen MR) is 234 cm³/mol. The zero-order valence-corrected chi connectivity index (χ0v) is 30.8. The van der Waals surface area contributed by atoms with Crippen LogP contribution >= 0.6 is 0 Å². The van der Waals surface area contributed by atoms with Gasteiger partial charge < -0.3 is 0 Å². The smallest absolute Gasteiger partial charge is 0.164 e. The minimum atomic E-state index is 0.619. The average molecular weight is 728 g/mol. The maximum absolute atomic E-state index is 5.16. The van der Waals surface area contributed by atoms with Crippen molar-refractivity contribution < 1.29 is 0 Å². The molecule has 11 rings (SSSR count). The lowest BCUT2D eigenvalue weighted by atomic mass is 9.92. The summed E-state index contributed by atoms with van der Waals surface area (Å²) in [6.45, 7) is 0. The molecular weight excluding hydrogens is 695 g/mol. The summed E-state index contributed by atoms with van der Waals surface area (Å²) in [5.41, 5.74) is 9.15. The second-order valence-corrected chi connectivity index (χ2v) is 14.3. The van der Waals surface area contributed by atoms with Crippen molar-refractivity contribution in [2.75, 3.05) is 0 Å². The monoisotopic (exact) mass is 727 g/mol. The first-order valence-corrected chi connectivity index (χ1v) is 19.1. The Hall–Kier alpha value is -7.76. The van der Waals surface area contributed by atoms with Gasteiger partial charge in [0.1, 0.15) is 5.82 Å². The molecule has 0 N–H and O–H groups in total. The van der Waals surface area contributed by atoms with Crippen molar-refractivity contribution in [1.82, 2.24) is 24.5 Å². The second kappa shape index (κ2) is 13.5. The lowest BCUT2D eigenvalue weighted by Crippen LogP contribution is -2.00. The van der Waals surface area contributed by atoms with Gasteiger partial charge in [-0.3, -0.25) is 4.57 Å². The van der Waals surface area contributed by atoms with Gasteiger partial charge in [0.2, 0.25) is 0 Å². The highest BCUT2D eigenvalue weighted by molar-refractivity contribution is 6.25. The Bertz CT molecular complexity index is 3170. The largest absolute Gasteiger partial charge is 0.292 e. The molecule has 57 heavy (non-hydrogen) atoms. The van der Waals surface area contributed by atoms with Gasteiger partial charge in [-0.15, -0.1) is 0 Å². The predicted octanol–water partition coefficient (Wildman–Crippen LogP) is 13.0. The standard InChI is InChI=1S/C52H33N5/c1-3-13-35(14-4-1)49-54-50(36-15-5-2-6-16-36)56-51(55-49)37-23-25-38(26-24-37)52-53-47-21-11-12-22-48(47)57(52)40-30-27-34(28-31-40)39-29-32-45-43-19-8-7-17-41(43)42-18-9-10-20-44(42)46(45)33-39/h1-33H. The van der Waals surface area contributed by atoms with Crippen LogP contribution in [0.5, 0.6) is 0 Å². The van der Waals surface area contributed by atoms with Gasteiger partial charge in [0.25, 0.3) is 0 Å². The third-order valence-corrected chi connectivity index (χ3v) is 10.9. The summed E-state index contributed by atoms with van der Waals surface area (Å²) >= 11 is 0. The number of benzene rings is 9. The maximum Gasteiger partial charge on any atom is 0.164 e. The highest BCUT2D eigenvalue weighted by atomic mass is 15.1. The highest BCUT2D eigenvalue weighted by Gasteiger charge is 2.17. The van der Waals surface area contributed by atoms with Crippen LogP contribution in [-0.2, 0) is 0 Å². The Balaban J connectivity index is 0.976. The number of aromatic nitrogens is 5. The van der Waals surface area contributed by atoms with Gasteiger partial charge in [-0.1, -0.05) is 170 Å². The first-order valence-electron chi connectivity index (χ1n) is 19.1. The van der Waals surface area contributed by atoms with Gasteiger partial charge in [0.15, 0.2) is 17.5 Å². The number of fused-ring (bicyclic) bond motifs is 7. The van der Waals surface area contributed by atoms with E-state index in [-0.39, 0.29) is 0 Å². The molecule has 0 saturated heterocycles. The van der Waals surface area contributed by atoms with Crippen molar-refractivity contribution in [1.29, 1.82) is 0 Å². The zero-order valence-electron chi connectivity index (χ0n) is 30.8. The van der Waals surface area contributed by atoms with Crippen LogP contribution in [-0.4, -0.2) is 24.5 Å². The summed E-state index contributed by atoms with van der Waals surface area (Å²) in [6, 6.07) is 70.0. The molecule has 0 amide bonds. The first-order chi connectivity index (χ1) is 28.2. The van der Waals surface area contributed by atoms with E-state index >= 15 is 0 Å². The number of nitrogens with zero attached hydrogens (tertiary/aromatic N) is 5. The van der Waals surface area contributed by atoms with Crippen LogP contribution in [0, 0.1) is 0 Å². The van der Waals surface area contributed by atoms with E-state index in [4.69, 9.17) is 19.9 Å². The van der Waals surface area contributed by atoms with E-state index in [9.17, 15) is 0 Å². The van der Waals surface area contributed by atoms with Crippen LogP contribution in [0.25, 0.3) is 106 Å². The summed E-state index contributed by atoms with van der Waals surface area (Å²) in [4.78, 5) is 19.9. The molecule has 11 aromatic rings. The van der Waals surface area contributed by atoms with Crippen LogP contribution < -0.4 is 0 Å². The molecule has 0 unspecified atom stereocenters. The van der Waals surface area contributed by atoms with Gasteiger partial charge in [-0.2, -0.15) is 0 Å². The minimum Gasteiger partial charge on any atom is -0.292 e. The Morgan fingerprint density at radius 2 is 0.702 bits per heavy atom. The van der Waals surface area contributed by atoms with E-state index < -0.39 is 0 Å². The number of rotatable bonds is 6. The number of hydrogen-bond acceptors (Lipinski definition) is 4. The van der Waals surface area contributed by atoms with E-state index in [1.807, 2.05) is 66.7 Å². The van der Waals surface area contributed by atoms with Crippen molar-refractivity contribution in [3.63, 3.8) is 0 Å². The van der Waals surface area contributed by atoms with Gasteiger partial charge in [-0.05, 0) is 73.8 Å². The van der Waals surface area contributed by atoms with Crippen LogP contribution in [0.15, 0.2) is 200 Å². The summed E-state index contributed by atoms with van der Waals surface area (Å²) < 4.78 is 2.25. The topological polar surface area (TPSA) is 56.5 Å². The molecule has 266 valence electrons. The van der Waals surface area contributed by atoms with E-state index in [1.54, 1.807) is 0 Å². The minimum absolute atomic E-state index is 0.619. The van der Waals surface area contributed by atoms with E-state index in [1.165, 1.54) is 37.9 Å². The molecule has 0 aliphatic carbocycles. The fourth-order valence-electron chi connectivity index (χ4n) is 8.08. The maximum atomic E-state index is 5.16. The Morgan fingerprint density at radius 1 is 0.281 bits per heavy atom. The lowest BCUT2D eigenvalue weighted by Gasteiger charge is -2.13. The van der Waals surface area contributed by atoms with Gasteiger partial charge in [0, 0.05) is 27.9 Å². The first kappa shape index (κ1) is 32.7. The number of para-hydroxylation sites is 2. The molecule has 0 aliphatic rings. The molecule has 0 saturated carbocycles. The summed E-state index contributed by atoms with van der Waals surface area (Å²) in [6.07, 6.45) is 0. The normalized spacial score (nSPS) is 11.5. The molecule has 5 heteroatoms. The van der Waals surface area contributed by atoms with Gasteiger partial charge >= 0.3 is 0 Å². The third-order valence-electron chi connectivity index (χ3n) is 10.9. The molecule has 0 radical (unpaired) electrons. The van der Waals surface area contributed by atoms with Crippen LogP contribution in [0.3, 0.4) is 0 Å². The molecule has 0 atom stereocenters. The molecule has 0 spiro atoms. The summed E-state index contributed by atoms with van der Waals surface area (Å²) in [7, 11) is 0. The molecule has 5 nitrogen and oxygen atoms in total. The van der Waals surface area contributed by atoms with Crippen molar-refractivity contribution in [2.45, 2.75) is 0 Å². The molecule has 0 fully saturated rings. The van der Waals surface area contributed by atoms with Gasteiger partial charge in [0.05, 0.1) is 11.0 Å². The third kappa shape index (κ3) is 5.72. The molecule has 0 aliphatic heterocycles. The quantitative estimate of drug-likeness (QED) is 0.160. The Morgan fingerprint density at radius 3 is 1.28 bits per heavy atom. The molecule has 2 heterocycles. The highest BCUT2D eigenvalue weighted by Crippen LogP contribution is 2.38. The molecule has 2 aromatic heterocycles. The Kier molecular flexibility index (Phi) is 7.74. The SMILES string of the molecule is c1ccc(-c2nc(-c3ccccc3)nc(-c3ccc(-c4nc5ccccc5n4-c4ccc(-c5ccc6c7ccccc7c7ccccc7c6c5)cc4)cc3)n2)cc1. The number of hydrogen-bond donors (Lipinski definition) is 0. The van der Waals surface area contributed by atoms with Crippen molar-refractivity contribution in [3.05, 3.63) is 200 Å². The molecule has 9 aromatic carbocycles. The molecular formula is C52H33N5. The van der Waals surface area contributed by atoms with E-state index in [0.717, 1.165) is 50.4 Å². The van der Waals surface area contributed by atoms with E-state index in [0.29, 0.717) is 17.5 Å². The van der Waals surface area contributed by atoms with Crippen LogP contribution in [0.1, 0.15) is 0 Å². The van der Waals surface area contributed by atoms with Crippen molar-refractivity contribution in [3.8, 4) is 62.4 Å². The number of imidazole rings is 1. The molecule has 0 bridgehead atoms. The summed E-state index contributed by atoms with van der Waals surface area (Å²) in [5.74, 6) is 2.76. The van der Waals surface area contributed by atoms with E-state index in [2.05, 4.69) is 138 Å². The van der Waals surface area contributed by atoms with Crippen LogP contribution in [0.4, 0.5) is 0 Å².